The summed E-state index contributed by atoms with van der Waals surface area (Å²) in [5.41, 5.74) is 11.4. The summed E-state index contributed by atoms with van der Waals surface area (Å²) in [6, 6.07) is 1.53. The first-order chi connectivity index (χ1) is 8.97. The average Bonchev–Trinajstić information content (AvgIpc) is 2.36. The van der Waals surface area contributed by atoms with Gasteiger partial charge in [0.25, 0.3) is 5.91 Å². The summed E-state index contributed by atoms with van der Waals surface area (Å²) in [6.45, 7) is 4.51. The number of hydrogen-bond acceptors (Lipinski definition) is 4. The summed E-state index contributed by atoms with van der Waals surface area (Å²) < 4.78 is 5.85. The number of nitrogens with two attached hydrogens (primary N) is 2. The molecule has 0 aliphatic heterocycles. The maximum Gasteiger partial charge on any atom is 0.251 e. The number of pyridine rings is 1. The second-order valence-electron chi connectivity index (χ2n) is 5.48. The summed E-state index contributed by atoms with van der Waals surface area (Å²) >= 11 is 0. The van der Waals surface area contributed by atoms with Gasteiger partial charge in [-0.05, 0) is 31.1 Å². The van der Waals surface area contributed by atoms with Gasteiger partial charge < -0.3 is 16.2 Å². The zero-order chi connectivity index (χ0) is 14.0. The first-order valence-corrected chi connectivity index (χ1v) is 6.69. The van der Waals surface area contributed by atoms with Crippen molar-refractivity contribution in [3.05, 3.63) is 17.8 Å². The Morgan fingerprint density at radius 2 is 2.11 bits per heavy atom. The molecule has 0 aromatic carbocycles. The van der Waals surface area contributed by atoms with E-state index in [4.69, 9.17) is 16.2 Å². The molecule has 5 heteroatoms. The van der Waals surface area contributed by atoms with Crippen molar-refractivity contribution in [2.45, 2.75) is 39.2 Å². The lowest BCUT2D eigenvalue weighted by Crippen LogP contribution is -2.29. The van der Waals surface area contributed by atoms with Crippen LogP contribution in [0, 0.1) is 11.8 Å². The molecule has 1 heterocycles. The number of anilines is 1. The Balaban J connectivity index is 2.07. The van der Waals surface area contributed by atoms with Crippen molar-refractivity contribution >= 4 is 11.6 Å². The molecule has 1 aromatic heterocycles. The molecule has 19 heavy (non-hydrogen) atoms. The number of nitrogen functional groups attached to an aromatic ring is 1. The van der Waals surface area contributed by atoms with Crippen molar-refractivity contribution in [2.75, 3.05) is 5.73 Å². The molecular formula is C14H21N3O2. The molecule has 1 aromatic rings. The molecule has 1 amide bonds. The van der Waals surface area contributed by atoms with Crippen molar-refractivity contribution < 1.29 is 9.53 Å². The van der Waals surface area contributed by atoms with Gasteiger partial charge in [0, 0.05) is 6.07 Å². The molecular weight excluding hydrogens is 242 g/mol. The van der Waals surface area contributed by atoms with Gasteiger partial charge in [-0.1, -0.05) is 13.8 Å². The molecule has 1 fully saturated rings. The van der Waals surface area contributed by atoms with E-state index in [1.807, 2.05) is 0 Å². The zero-order valence-electron chi connectivity index (χ0n) is 11.4. The molecule has 1 aliphatic rings. The largest absolute Gasteiger partial charge is 0.474 e. The van der Waals surface area contributed by atoms with Gasteiger partial charge in [-0.15, -0.1) is 0 Å². The third kappa shape index (κ3) is 3.16. The summed E-state index contributed by atoms with van der Waals surface area (Å²) in [5.74, 6) is 1.24. The van der Waals surface area contributed by atoms with Gasteiger partial charge >= 0.3 is 0 Å². The lowest BCUT2D eigenvalue weighted by Gasteiger charge is -2.31. The number of carbonyl (C=O) groups is 1. The van der Waals surface area contributed by atoms with E-state index >= 15 is 0 Å². The minimum absolute atomic E-state index is 0.156. The van der Waals surface area contributed by atoms with Gasteiger partial charge in [-0.3, -0.25) is 4.79 Å². The molecule has 3 atom stereocenters. The van der Waals surface area contributed by atoms with Crippen molar-refractivity contribution in [3.8, 4) is 5.88 Å². The Morgan fingerprint density at radius 3 is 2.74 bits per heavy atom. The minimum atomic E-state index is -0.560. The van der Waals surface area contributed by atoms with Crippen molar-refractivity contribution in [1.82, 2.24) is 4.98 Å². The van der Waals surface area contributed by atoms with E-state index in [9.17, 15) is 4.79 Å². The molecule has 1 aliphatic carbocycles. The lowest BCUT2D eigenvalue weighted by atomic mass is 9.80. The second-order valence-corrected chi connectivity index (χ2v) is 5.48. The summed E-state index contributed by atoms with van der Waals surface area (Å²) in [4.78, 5) is 15.3. The standard InChI is InChI=1S/C14H21N3O2/c1-8-3-4-10(5-9(8)2)19-13-6-11(14(16)18)12(15)7-17-13/h6-10H,3-5,15H2,1-2H3,(H2,16,18). The van der Waals surface area contributed by atoms with Gasteiger partial charge in [0.05, 0.1) is 17.4 Å². The maximum atomic E-state index is 11.2. The summed E-state index contributed by atoms with van der Waals surface area (Å²) in [6.07, 6.45) is 4.76. The molecule has 0 spiro atoms. The molecule has 1 saturated carbocycles. The van der Waals surface area contributed by atoms with Crippen LogP contribution in [0.15, 0.2) is 12.3 Å². The Kier molecular flexibility index (Phi) is 3.93. The quantitative estimate of drug-likeness (QED) is 0.872. The maximum absolute atomic E-state index is 11.2. The number of amides is 1. The van der Waals surface area contributed by atoms with E-state index in [0.717, 1.165) is 25.2 Å². The van der Waals surface area contributed by atoms with Crippen molar-refractivity contribution in [2.24, 2.45) is 17.6 Å². The Labute approximate surface area is 113 Å². The predicted molar refractivity (Wildman–Crippen MR) is 73.8 cm³/mol. The smallest absolute Gasteiger partial charge is 0.251 e. The van der Waals surface area contributed by atoms with Crippen LogP contribution in [0.4, 0.5) is 5.69 Å². The normalized spacial score (nSPS) is 26.9. The van der Waals surface area contributed by atoms with Gasteiger partial charge in [-0.2, -0.15) is 0 Å². The van der Waals surface area contributed by atoms with Gasteiger partial charge in [0.15, 0.2) is 0 Å². The van der Waals surface area contributed by atoms with Crippen LogP contribution in [0.25, 0.3) is 0 Å². The Hall–Kier alpha value is -1.78. The summed E-state index contributed by atoms with van der Waals surface area (Å²) in [5, 5.41) is 0. The highest BCUT2D eigenvalue weighted by atomic mass is 16.5. The number of carbonyl (C=O) groups excluding carboxylic acids is 1. The number of hydrogen-bond donors (Lipinski definition) is 2. The molecule has 4 N–H and O–H groups in total. The van der Waals surface area contributed by atoms with E-state index in [1.165, 1.54) is 12.3 Å². The Bertz CT molecular complexity index is 476. The van der Waals surface area contributed by atoms with Gasteiger partial charge in [-0.25, -0.2) is 4.98 Å². The number of nitrogens with zero attached hydrogens (tertiary/aromatic N) is 1. The fourth-order valence-corrected chi connectivity index (χ4v) is 2.50. The van der Waals surface area contributed by atoms with E-state index in [0.29, 0.717) is 11.8 Å². The molecule has 3 unspecified atom stereocenters. The van der Waals surface area contributed by atoms with E-state index in [-0.39, 0.29) is 17.4 Å². The van der Waals surface area contributed by atoms with Crippen LogP contribution >= 0.6 is 0 Å². The third-order valence-electron chi connectivity index (χ3n) is 4.01. The molecule has 0 bridgehead atoms. The average molecular weight is 263 g/mol. The number of primary amides is 1. The van der Waals surface area contributed by atoms with Gasteiger partial charge in [0.2, 0.25) is 5.88 Å². The summed E-state index contributed by atoms with van der Waals surface area (Å²) in [7, 11) is 0. The predicted octanol–water partition coefficient (Wildman–Crippen LogP) is 1.97. The Morgan fingerprint density at radius 1 is 1.37 bits per heavy atom. The minimum Gasteiger partial charge on any atom is -0.474 e. The van der Waals surface area contributed by atoms with Crippen molar-refractivity contribution in [1.29, 1.82) is 0 Å². The lowest BCUT2D eigenvalue weighted by molar-refractivity contribution is 0.0951. The first-order valence-electron chi connectivity index (χ1n) is 6.69. The number of aromatic nitrogens is 1. The number of rotatable bonds is 3. The van der Waals surface area contributed by atoms with E-state index in [2.05, 4.69) is 18.8 Å². The molecule has 2 rings (SSSR count). The second kappa shape index (κ2) is 5.47. The molecule has 0 radical (unpaired) electrons. The molecule has 104 valence electrons. The topological polar surface area (TPSA) is 91.2 Å². The monoisotopic (exact) mass is 263 g/mol. The van der Waals surface area contributed by atoms with Crippen LogP contribution < -0.4 is 16.2 Å². The van der Waals surface area contributed by atoms with Crippen LogP contribution in [0.3, 0.4) is 0 Å². The number of ether oxygens (including phenoxy) is 1. The van der Waals surface area contributed by atoms with Gasteiger partial charge in [0.1, 0.15) is 6.10 Å². The molecule has 5 nitrogen and oxygen atoms in total. The fraction of sp³-hybridized carbons (Fsp3) is 0.571. The van der Waals surface area contributed by atoms with Crippen LogP contribution in [-0.4, -0.2) is 17.0 Å². The van der Waals surface area contributed by atoms with Crippen molar-refractivity contribution in [3.63, 3.8) is 0 Å². The fourth-order valence-electron chi connectivity index (χ4n) is 2.50. The first kappa shape index (κ1) is 13.6. The highest BCUT2D eigenvalue weighted by Crippen LogP contribution is 2.31. The zero-order valence-corrected chi connectivity index (χ0v) is 11.4. The SMILES string of the molecule is CC1CCC(Oc2cc(C(N)=O)c(N)cn2)CC1C. The van der Waals surface area contributed by atoms with Crippen LogP contribution in [0.2, 0.25) is 0 Å². The highest BCUT2D eigenvalue weighted by molar-refractivity contribution is 5.97. The van der Waals surface area contributed by atoms with E-state index < -0.39 is 5.91 Å². The van der Waals surface area contributed by atoms with Crippen LogP contribution in [-0.2, 0) is 0 Å². The van der Waals surface area contributed by atoms with Crippen LogP contribution in [0.5, 0.6) is 5.88 Å². The highest BCUT2D eigenvalue weighted by Gasteiger charge is 2.26. The van der Waals surface area contributed by atoms with E-state index in [1.54, 1.807) is 0 Å². The van der Waals surface area contributed by atoms with Crippen LogP contribution in [0.1, 0.15) is 43.5 Å². The third-order valence-corrected chi connectivity index (χ3v) is 4.01. The molecule has 0 saturated heterocycles.